The molecule has 0 aliphatic rings. The Morgan fingerprint density at radius 1 is 0.217 bits per heavy atom. The van der Waals surface area contributed by atoms with Crippen LogP contribution in [0, 0.1) is 0 Å². The van der Waals surface area contributed by atoms with Gasteiger partial charge >= 0.3 is 37.1 Å². The second-order valence-corrected chi connectivity index (χ2v) is 5.82. The summed E-state index contributed by atoms with van der Waals surface area (Å²) in [6.45, 7) is 12.8. The third kappa shape index (κ3) is 2950. The largest absolute Gasteiger partial charge is 5.00 e. The zero-order chi connectivity index (χ0) is 39.4. The number of ketones is 1. The van der Waals surface area contributed by atoms with Crippen LogP contribution < -0.4 is 51.1 Å². The van der Waals surface area contributed by atoms with Crippen LogP contribution in [0.3, 0.4) is 0 Å². The summed E-state index contributed by atoms with van der Waals surface area (Å²) in [6.07, 6.45) is 0. The van der Waals surface area contributed by atoms with Gasteiger partial charge in [-0.15, -0.1) is 0 Å². The average Bonchev–Trinajstić information content (AvgIpc) is 2.55. The molecule has 0 aliphatic heterocycles. The molecule has 0 atom stereocenters. The number of rotatable bonds is 0. The van der Waals surface area contributed by atoms with Gasteiger partial charge in [-0.2, -0.15) is 0 Å². The molecular formula is C23H36O21V2. The normalized spacial score (nSPS) is 6.00. The van der Waals surface area contributed by atoms with E-state index < -0.39 is 59.7 Å². The predicted octanol–water partition coefficient (Wildman–Crippen LogP) is -11.8. The van der Waals surface area contributed by atoms with E-state index in [1.165, 1.54) is 13.8 Å². The first kappa shape index (κ1) is 83.8. The molecule has 23 heteroatoms. The molecule has 264 valence electrons. The van der Waals surface area contributed by atoms with E-state index in [1.54, 1.807) is 0 Å². The molecule has 0 radical (unpaired) electrons. The summed E-state index contributed by atoms with van der Waals surface area (Å²) in [4.78, 5) is 98.3. The minimum Gasteiger partial charge on any atom is -0.550 e. The number of Topliss-reactive ketones (excluding diaryl/α,β-unsaturated/α-hetero) is 1. The summed E-state index contributed by atoms with van der Waals surface area (Å²) in [5.74, 6) is -10.7. The fourth-order valence-corrected chi connectivity index (χ4v) is 0. The van der Waals surface area contributed by atoms with Gasteiger partial charge in [-0.05, 0) is 83.1 Å². The smallest absolute Gasteiger partial charge is 0.550 e. The number of carboxylic acid groups (broad SMARTS) is 10. The Kier molecular flexibility index (Phi) is 142. The van der Waals surface area contributed by atoms with Gasteiger partial charge in [0.05, 0.1) is 0 Å². The average molecular weight is 750 g/mol. The maximum Gasteiger partial charge on any atom is 5.00 e. The van der Waals surface area contributed by atoms with Gasteiger partial charge in [-0.25, -0.2) is 0 Å². The minimum absolute atomic E-state index is 0. The number of carbonyl (C=O) groups excluding carboxylic acids is 11. The SMILES string of the molecule is CC(=O)[O-].CC(=O)[O-].CC(=O)[O-].CC(=O)[O-].CC(=O)[O-].CC(=O)[O-].CC(=O)[O-].CC(=O)[O-].CC(=O)[O-].CC(=O)[O-].CC(C)=O.[V+5].[V+5]. The van der Waals surface area contributed by atoms with E-state index in [4.69, 9.17) is 99.0 Å². The Balaban J connectivity index is -0.0000000236. The van der Waals surface area contributed by atoms with Gasteiger partial charge in [0.15, 0.2) is 0 Å². The Labute approximate surface area is 289 Å². The van der Waals surface area contributed by atoms with E-state index in [1.807, 2.05) is 0 Å². The molecule has 0 heterocycles. The molecule has 21 nitrogen and oxygen atoms in total. The van der Waals surface area contributed by atoms with E-state index in [2.05, 4.69) is 0 Å². The predicted molar refractivity (Wildman–Crippen MR) is 123 cm³/mol. The zero-order valence-corrected chi connectivity index (χ0v) is 29.8. The van der Waals surface area contributed by atoms with Gasteiger partial charge in [0.1, 0.15) is 5.78 Å². The van der Waals surface area contributed by atoms with Crippen LogP contribution in [-0.2, 0) is 89.9 Å². The Hall–Kier alpha value is -4.46. The summed E-state index contributed by atoms with van der Waals surface area (Å²) in [5, 5.41) is 88.9. The number of hydrogen-bond donors (Lipinski definition) is 0. The standard InChI is InChI=1S/C3H6O.10C2H4O2.2V/c1-3(2)4;10*1-2(3)4;;/h1-2H3;10*1H3,(H,3,4);;/q;;;;;;;;;;;2*+5/p-10. The van der Waals surface area contributed by atoms with Gasteiger partial charge < -0.3 is 104 Å². The first-order valence-electron chi connectivity index (χ1n) is 10.3. The van der Waals surface area contributed by atoms with Crippen molar-refractivity contribution in [1.29, 1.82) is 0 Å². The molecule has 0 aromatic heterocycles. The van der Waals surface area contributed by atoms with Crippen LogP contribution in [0.15, 0.2) is 0 Å². The van der Waals surface area contributed by atoms with Crippen molar-refractivity contribution in [3.8, 4) is 0 Å². The van der Waals surface area contributed by atoms with E-state index in [0.717, 1.165) is 69.2 Å². The Morgan fingerprint density at radius 3 is 0.217 bits per heavy atom. The summed E-state index contributed by atoms with van der Waals surface area (Å²) >= 11 is 0. The van der Waals surface area contributed by atoms with Crippen molar-refractivity contribution in [1.82, 2.24) is 0 Å². The molecule has 0 fully saturated rings. The molecule has 0 saturated carbocycles. The maximum absolute atomic E-state index is 9.44. The molecule has 0 aliphatic carbocycles. The topological polar surface area (TPSA) is 418 Å². The maximum atomic E-state index is 9.44. The summed E-state index contributed by atoms with van der Waals surface area (Å²) in [7, 11) is 0. The van der Waals surface area contributed by atoms with E-state index in [-0.39, 0.29) is 42.9 Å². The van der Waals surface area contributed by atoms with Crippen molar-refractivity contribution in [2.75, 3.05) is 0 Å². The first-order valence-corrected chi connectivity index (χ1v) is 10.3. The molecule has 0 amide bonds. The summed E-state index contributed by atoms with van der Waals surface area (Å²) in [5.41, 5.74) is 0. The van der Waals surface area contributed by atoms with Gasteiger partial charge in [-0.1, -0.05) is 0 Å². The van der Waals surface area contributed by atoms with Crippen molar-refractivity contribution >= 4 is 65.5 Å². The van der Waals surface area contributed by atoms with Gasteiger partial charge in [0.25, 0.3) is 0 Å². The van der Waals surface area contributed by atoms with Crippen molar-refractivity contribution in [3.63, 3.8) is 0 Å². The fourth-order valence-electron chi connectivity index (χ4n) is 0. The van der Waals surface area contributed by atoms with E-state index in [0.29, 0.717) is 0 Å². The third-order valence-corrected chi connectivity index (χ3v) is 0. The van der Waals surface area contributed by atoms with Crippen LogP contribution in [0.5, 0.6) is 0 Å². The molecule has 0 spiro atoms. The summed E-state index contributed by atoms with van der Waals surface area (Å²) < 4.78 is 0. The Morgan fingerprint density at radius 2 is 0.217 bits per heavy atom. The molecular weight excluding hydrogens is 714 g/mol. The number of carboxylic acids is 10. The van der Waals surface area contributed by atoms with Gasteiger partial charge in [0, 0.05) is 59.7 Å². The number of hydrogen-bond acceptors (Lipinski definition) is 21. The molecule has 0 rings (SSSR count). The quantitative estimate of drug-likeness (QED) is 0.222. The van der Waals surface area contributed by atoms with Crippen LogP contribution in [0.1, 0.15) is 83.1 Å². The molecule has 0 unspecified atom stereocenters. The first-order chi connectivity index (χ1) is 19.1. The molecule has 0 aromatic carbocycles. The van der Waals surface area contributed by atoms with Crippen LogP contribution >= 0.6 is 0 Å². The number of carbonyl (C=O) groups is 11. The van der Waals surface area contributed by atoms with Crippen molar-refractivity contribution < 1.29 is 141 Å². The van der Waals surface area contributed by atoms with Gasteiger partial charge in [-0.3, -0.25) is 0 Å². The minimum atomic E-state index is -1.08. The molecule has 0 bridgehead atoms. The van der Waals surface area contributed by atoms with Crippen LogP contribution in [0.2, 0.25) is 0 Å². The van der Waals surface area contributed by atoms with E-state index >= 15 is 0 Å². The van der Waals surface area contributed by atoms with E-state index in [9.17, 15) is 4.79 Å². The van der Waals surface area contributed by atoms with Crippen LogP contribution in [-0.4, -0.2) is 65.5 Å². The fraction of sp³-hybridized carbons (Fsp3) is 0.522. The second-order valence-electron chi connectivity index (χ2n) is 5.82. The second kappa shape index (κ2) is 77.8. The monoisotopic (exact) mass is 750 g/mol. The molecule has 0 N–H and O–H groups in total. The van der Waals surface area contributed by atoms with Crippen LogP contribution in [0.4, 0.5) is 0 Å². The summed E-state index contributed by atoms with van der Waals surface area (Å²) in [6, 6.07) is 0. The molecule has 46 heavy (non-hydrogen) atoms. The van der Waals surface area contributed by atoms with Crippen LogP contribution in [0.25, 0.3) is 0 Å². The zero-order valence-electron chi connectivity index (χ0n) is 27.0. The third-order valence-electron chi connectivity index (χ3n) is 0. The van der Waals surface area contributed by atoms with Gasteiger partial charge in [0.2, 0.25) is 0 Å². The molecule has 0 aromatic rings. The number of aliphatic carboxylic acids is 10. The van der Waals surface area contributed by atoms with Crippen molar-refractivity contribution in [2.45, 2.75) is 83.1 Å². The molecule has 0 saturated heterocycles. The van der Waals surface area contributed by atoms with Crippen molar-refractivity contribution in [2.24, 2.45) is 0 Å². The van der Waals surface area contributed by atoms with Crippen molar-refractivity contribution in [3.05, 3.63) is 0 Å². The Bertz CT molecular complexity index is 537.